The fourth-order valence-corrected chi connectivity index (χ4v) is 1.46. The van der Waals surface area contributed by atoms with Crippen molar-refractivity contribution in [2.75, 3.05) is 19.6 Å². The lowest BCUT2D eigenvalue weighted by Gasteiger charge is -2.35. The van der Waals surface area contributed by atoms with Crippen molar-refractivity contribution in [1.29, 1.82) is 0 Å². The van der Waals surface area contributed by atoms with Gasteiger partial charge in [0, 0.05) is 13.1 Å². The maximum absolute atomic E-state index is 9.75. The molecular formula is C9H17NO. The average molecular weight is 155 g/mol. The Hall–Kier alpha value is -0.340. The van der Waals surface area contributed by atoms with Crippen LogP contribution in [0.2, 0.25) is 0 Å². The van der Waals surface area contributed by atoms with E-state index in [9.17, 15) is 5.11 Å². The summed E-state index contributed by atoms with van der Waals surface area (Å²) >= 11 is 0. The minimum Gasteiger partial charge on any atom is -0.386 e. The summed E-state index contributed by atoms with van der Waals surface area (Å²) in [4.78, 5) is 2.35. The molecule has 0 atom stereocenters. The molecule has 2 nitrogen and oxygen atoms in total. The Morgan fingerprint density at radius 3 is 2.45 bits per heavy atom. The van der Waals surface area contributed by atoms with Gasteiger partial charge in [0.1, 0.15) is 0 Å². The monoisotopic (exact) mass is 155 g/mol. The molecule has 1 heterocycles. The van der Waals surface area contributed by atoms with Gasteiger partial charge in [0.25, 0.3) is 0 Å². The van der Waals surface area contributed by atoms with Gasteiger partial charge < -0.3 is 10.0 Å². The average Bonchev–Trinajstić information content (AvgIpc) is 2.06. The van der Waals surface area contributed by atoms with E-state index in [2.05, 4.69) is 18.4 Å². The second-order valence-corrected chi connectivity index (χ2v) is 3.24. The fourth-order valence-electron chi connectivity index (χ4n) is 1.46. The van der Waals surface area contributed by atoms with Gasteiger partial charge in [-0.2, -0.15) is 0 Å². The Morgan fingerprint density at radius 1 is 1.55 bits per heavy atom. The number of hydrogen-bond acceptors (Lipinski definition) is 2. The SMILES string of the molecule is C=CC1(O)CCN(CC)CC1. The molecule has 1 fully saturated rings. The Bertz CT molecular complexity index is 136. The number of rotatable bonds is 2. The molecule has 0 aromatic rings. The fraction of sp³-hybridized carbons (Fsp3) is 0.778. The molecule has 0 aromatic carbocycles. The maximum Gasteiger partial charge on any atom is 0.0849 e. The van der Waals surface area contributed by atoms with Crippen LogP contribution < -0.4 is 0 Å². The van der Waals surface area contributed by atoms with Crippen molar-refractivity contribution in [3.63, 3.8) is 0 Å². The van der Waals surface area contributed by atoms with E-state index in [0.717, 1.165) is 32.5 Å². The predicted molar refractivity (Wildman–Crippen MR) is 46.5 cm³/mol. The summed E-state index contributed by atoms with van der Waals surface area (Å²) in [6.45, 7) is 8.88. The highest BCUT2D eigenvalue weighted by molar-refractivity contribution is 4.98. The van der Waals surface area contributed by atoms with Crippen LogP contribution in [0.4, 0.5) is 0 Å². The van der Waals surface area contributed by atoms with Crippen molar-refractivity contribution in [2.45, 2.75) is 25.4 Å². The summed E-state index contributed by atoms with van der Waals surface area (Å²) in [5.41, 5.74) is -0.578. The molecule has 0 aromatic heterocycles. The van der Waals surface area contributed by atoms with E-state index < -0.39 is 5.60 Å². The molecule has 64 valence electrons. The Kier molecular flexibility index (Phi) is 2.68. The molecular weight excluding hydrogens is 138 g/mol. The van der Waals surface area contributed by atoms with Gasteiger partial charge in [-0.25, -0.2) is 0 Å². The van der Waals surface area contributed by atoms with Crippen molar-refractivity contribution in [1.82, 2.24) is 4.90 Å². The lowest BCUT2D eigenvalue weighted by Crippen LogP contribution is -2.42. The molecule has 0 amide bonds. The van der Waals surface area contributed by atoms with E-state index in [1.165, 1.54) is 0 Å². The highest BCUT2D eigenvalue weighted by Gasteiger charge is 2.27. The maximum atomic E-state index is 9.75. The van der Waals surface area contributed by atoms with Gasteiger partial charge in [0.2, 0.25) is 0 Å². The first-order chi connectivity index (χ1) is 5.20. The molecule has 0 spiro atoms. The first kappa shape index (κ1) is 8.75. The van der Waals surface area contributed by atoms with Crippen LogP contribution in [0, 0.1) is 0 Å². The van der Waals surface area contributed by atoms with E-state index in [1.807, 2.05) is 0 Å². The van der Waals surface area contributed by atoms with Crippen LogP contribution in [-0.4, -0.2) is 35.2 Å². The topological polar surface area (TPSA) is 23.5 Å². The van der Waals surface area contributed by atoms with E-state index in [1.54, 1.807) is 6.08 Å². The van der Waals surface area contributed by atoms with Crippen molar-refractivity contribution in [3.05, 3.63) is 12.7 Å². The number of aliphatic hydroxyl groups is 1. The molecule has 1 N–H and O–H groups in total. The van der Waals surface area contributed by atoms with Crippen molar-refractivity contribution in [2.24, 2.45) is 0 Å². The third-order valence-corrected chi connectivity index (χ3v) is 2.55. The van der Waals surface area contributed by atoms with Gasteiger partial charge in [-0.3, -0.25) is 0 Å². The smallest absolute Gasteiger partial charge is 0.0849 e. The largest absolute Gasteiger partial charge is 0.386 e. The van der Waals surface area contributed by atoms with Gasteiger partial charge in [0.15, 0.2) is 0 Å². The zero-order valence-electron chi connectivity index (χ0n) is 7.21. The molecule has 1 rings (SSSR count). The summed E-state index contributed by atoms with van der Waals surface area (Å²) in [5, 5.41) is 9.75. The van der Waals surface area contributed by atoms with Crippen molar-refractivity contribution in [3.8, 4) is 0 Å². The van der Waals surface area contributed by atoms with Crippen LogP contribution in [0.3, 0.4) is 0 Å². The Balaban J connectivity index is 2.41. The highest BCUT2D eigenvalue weighted by Crippen LogP contribution is 2.22. The molecule has 0 radical (unpaired) electrons. The lowest BCUT2D eigenvalue weighted by atomic mass is 9.92. The van der Waals surface area contributed by atoms with Crippen LogP contribution in [0.1, 0.15) is 19.8 Å². The van der Waals surface area contributed by atoms with E-state index >= 15 is 0 Å². The molecule has 2 heteroatoms. The quantitative estimate of drug-likeness (QED) is 0.602. The molecule has 0 bridgehead atoms. The number of hydrogen-bond donors (Lipinski definition) is 1. The molecule has 1 aliphatic heterocycles. The summed E-state index contributed by atoms with van der Waals surface area (Å²) in [6.07, 6.45) is 3.36. The van der Waals surface area contributed by atoms with Gasteiger partial charge in [-0.15, -0.1) is 6.58 Å². The van der Waals surface area contributed by atoms with E-state index in [0.29, 0.717) is 0 Å². The molecule has 0 aliphatic carbocycles. The van der Waals surface area contributed by atoms with Crippen LogP contribution in [0.25, 0.3) is 0 Å². The number of nitrogens with zero attached hydrogens (tertiary/aromatic N) is 1. The summed E-state index contributed by atoms with van der Waals surface area (Å²) in [7, 11) is 0. The molecule has 0 unspecified atom stereocenters. The second-order valence-electron chi connectivity index (χ2n) is 3.24. The van der Waals surface area contributed by atoms with Crippen molar-refractivity contribution >= 4 is 0 Å². The normalized spacial score (nSPS) is 24.9. The minimum absolute atomic E-state index is 0.578. The second kappa shape index (κ2) is 3.37. The zero-order chi connectivity index (χ0) is 8.32. The number of likely N-dealkylation sites (tertiary alicyclic amines) is 1. The molecule has 1 saturated heterocycles. The minimum atomic E-state index is -0.578. The lowest BCUT2D eigenvalue weighted by molar-refractivity contribution is 0.0210. The first-order valence-electron chi connectivity index (χ1n) is 4.28. The van der Waals surface area contributed by atoms with Gasteiger partial charge in [-0.05, 0) is 19.4 Å². The van der Waals surface area contributed by atoms with Crippen LogP contribution in [-0.2, 0) is 0 Å². The van der Waals surface area contributed by atoms with Crippen LogP contribution >= 0.6 is 0 Å². The van der Waals surface area contributed by atoms with Crippen LogP contribution in [0.5, 0.6) is 0 Å². The standard InChI is InChI=1S/C9H17NO/c1-3-9(11)5-7-10(4-2)8-6-9/h3,11H,1,4-8H2,2H3. The Morgan fingerprint density at radius 2 is 2.09 bits per heavy atom. The zero-order valence-corrected chi connectivity index (χ0v) is 7.21. The van der Waals surface area contributed by atoms with Gasteiger partial charge in [0.05, 0.1) is 5.60 Å². The van der Waals surface area contributed by atoms with E-state index in [-0.39, 0.29) is 0 Å². The van der Waals surface area contributed by atoms with Gasteiger partial charge in [-0.1, -0.05) is 13.0 Å². The molecule has 11 heavy (non-hydrogen) atoms. The summed E-state index contributed by atoms with van der Waals surface area (Å²) in [5.74, 6) is 0. The van der Waals surface area contributed by atoms with Crippen molar-refractivity contribution < 1.29 is 5.11 Å². The summed E-state index contributed by atoms with van der Waals surface area (Å²) < 4.78 is 0. The van der Waals surface area contributed by atoms with Gasteiger partial charge >= 0.3 is 0 Å². The Labute approximate surface area is 68.5 Å². The number of piperidine rings is 1. The molecule has 0 saturated carbocycles. The van der Waals surface area contributed by atoms with Crippen LogP contribution in [0.15, 0.2) is 12.7 Å². The van der Waals surface area contributed by atoms with E-state index in [4.69, 9.17) is 0 Å². The summed E-state index contributed by atoms with van der Waals surface area (Å²) in [6, 6.07) is 0. The molecule has 1 aliphatic rings. The highest BCUT2D eigenvalue weighted by atomic mass is 16.3. The third kappa shape index (κ3) is 2.04. The first-order valence-corrected chi connectivity index (χ1v) is 4.28. The predicted octanol–water partition coefficient (Wildman–Crippen LogP) is 1.02. The third-order valence-electron chi connectivity index (χ3n) is 2.55.